The van der Waals surface area contributed by atoms with Crippen molar-refractivity contribution in [3.8, 4) is 11.1 Å². The van der Waals surface area contributed by atoms with Crippen LogP contribution in [-0.2, 0) is 16.1 Å². The van der Waals surface area contributed by atoms with Crippen molar-refractivity contribution in [3.05, 3.63) is 60.2 Å². The minimum atomic E-state index is -1.06. The first-order valence-corrected chi connectivity index (χ1v) is 10.7. The molecule has 3 unspecified atom stereocenters. The molecule has 0 aliphatic carbocycles. The molecular formula is C24H25N3O4. The molecule has 0 spiro atoms. The maximum atomic E-state index is 12.3. The molecule has 0 aromatic heterocycles. The molecule has 3 atom stereocenters. The zero-order chi connectivity index (χ0) is 21.5. The van der Waals surface area contributed by atoms with Crippen LogP contribution in [0.2, 0.25) is 0 Å². The molecule has 7 heteroatoms. The normalized spacial score (nSPS) is 26.0. The van der Waals surface area contributed by atoms with Gasteiger partial charge < -0.3 is 5.11 Å². The average molecular weight is 419 g/mol. The van der Waals surface area contributed by atoms with Gasteiger partial charge in [-0.15, -0.1) is 0 Å². The van der Waals surface area contributed by atoms with E-state index in [4.69, 9.17) is 0 Å². The van der Waals surface area contributed by atoms with Crippen molar-refractivity contribution in [3.63, 3.8) is 0 Å². The van der Waals surface area contributed by atoms with E-state index in [1.54, 1.807) is 0 Å². The number of carbonyl (C=O) groups excluding carboxylic acids is 2. The Kier molecular flexibility index (Phi) is 4.98. The number of nitrogens with zero attached hydrogens (tertiary/aromatic N) is 3. The molecule has 0 saturated carbocycles. The molecule has 0 bridgehead atoms. The highest BCUT2D eigenvalue weighted by Gasteiger charge is 2.54. The number of carboxylic acid groups (broad SMARTS) is 1. The second kappa shape index (κ2) is 7.81. The minimum Gasteiger partial charge on any atom is -0.465 e. The van der Waals surface area contributed by atoms with Crippen molar-refractivity contribution in [1.29, 1.82) is 0 Å². The molecule has 0 radical (unpaired) electrons. The first-order chi connectivity index (χ1) is 15.0. The Morgan fingerprint density at radius 1 is 0.903 bits per heavy atom. The molecule has 31 heavy (non-hydrogen) atoms. The highest BCUT2D eigenvalue weighted by molar-refractivity contribution is 6.02. The maximum Gasteiger partial charge on any atom is 0.408 e. The Hall–Kier alpha value is -3.19. The average Bonchev–Trinajstić information content (AvgIpc) is 3.41. The summed E-state index contributed by atoms with van der Waals surface area (Å²) in [7, 11) is 0. The summed E-state index contributed by atoms with van der Waals surface area (Å²) in [5, 5.41) is 9.67. The van der Waals surface area contributed by atoms with E-state index in [1.165, 1.54) is 26.5 Å². The summed E-state index contributed by atoms with van der Waals surface area (Å²) in [5.41, 5.74) is 3.54. The molecule has 3 heterocycles. The molecule has 5 rings (SSSR count). The molecule has 3 fully saturated rings. The Bertz CT molecular complexity index is 1010. The third kappa shape index (κ3) is 3.59. The van der Waals surface area contributed by atoms with Gasteiger partial charge in [0.25, 0.3) is 0 Å². The predicted molar refractivity (Wildman–Crippen MR) is 114 cm³/mol. The zero-order valence-corrected chi connectivity index (χ0v) is 17.2. The summed E-state index contributed by atoms with van der Waals surface area (Å²) in [6.07, 6.45) is -1.38. The summed E-state index contributed by atoms with van der Waals surface area (Å²) in [5.74, 6) is -0.425. The van der Waals surface area contributed by atoms with Crippen molar-refractivity contribution < 1.29 is 19.5 Å². The lowest BCUT2D eigenvalue weighted by molar-refractivity contribution is -0.145. The number of carbonyl (C=O) groups is 3. The number of hydrogen-bond acceptors (Lipinski definition) is 4. The zero-order valence-electron chi connectivity index (χ0n) is 17.2. The van der Waals surface area contributed by atoms with Crippen molar-refractivity contribution in [1.82, 2.24) is 14.7 Å². The van der Waals surface area contributed by atoms with E-state index < -0.39 is 12.3 Å². The first kappa shape index (κ1) is 19.8. The molecular weight excluding hydrogens is 394 g/mol. The van der Waals surface area contributed by atoms with Gasteiger partial charge in [-0.25, -0.2) is 4.79 Å². The standard InChI is InChI=1S/C24H25N3O4/c28-21-9-10-22(29)27(21)23-20-15-25(13-19(20)14-26(23)24(30)31)12-16-5-4-8-18(11-16)17-6-2-1-3-7-17/h1-8,11,19-20,23H,9-10,12-15H2,(H,30,31). The highest BCUT2D eigenvalue weighted by atomic mass is 16.4. The van der Waals surface area contributed by atoms with Crippen molar-refractivity contribution in [2.24, 2.45) is 11.8 Å². The van der Waals surface area contributed by atoms with Gasteiger partial charge in [-0.2, -0.15) is 0 Å². The third-order valence-electron chi connectivity index (χ3n) is 6.74. The van der Waals surface area contributed by atoms with E-state index in [-0.39, 0.29) is 36.5 Å². The van der Waals surface area contributed by atoms with Gasteiger partial charge in [0.2, 0.25) is 11.8 Å². The number of amides is 3. The van der Waals surface area contributed by atoms with Crippen molar-refractivity contribution in [2.45, 2.75) is 25.6 Å². The van der Waals surface area contributed by atoms with E-state index in [0.717, 1.165) is 13.1 Å². The molecule has 3 aliphatic rings. The molecule has 7 nitrogen and oxygen atoms in total. The van der Waals surface area contributed by atoms with Gasteiger partial charge in [0.1, 0.15) is 6.17 Å². The molecule has 1 N–H and O–H groups in total. The van der Waals surface area contributed by atoms with Crippen LogP contribution in [0.4, 0.5) is 4.79 Å². The lowest BCUT2D eigenvalue weighted by Gasteiger charge is -2.33. The van der Waals surface area contributed by atoms with Crippen molar-refractivity contribution >= 4 is 17.9 Å². The third-order valence-corrected chi connectivity index (χ3v) is 6.74. The van der Waals surface area contributed by atoms with Crippen LogP contribution in [0.25, 0.3) is 11.1 Å². The van der Waals surface area contributed by atoms with Crippen LogP contribution in [0, 0.1) is 11.8 Å². The van der Waals surface area contributed by atoms with Gasteiger partial charge in [0, 0.05) is 44.9 Å². The highest BCUT2D eigenvalue weighted by Crippen LogP contribution is 2.40. The van der Waals surface area contributed by atoms with Crippen LogP contribution in [-0.4, -0.2) is 63.5 Å². The Morgan fingerprint density at radius 2 is 1.61 bits per heavy atom. The Balaban J connectivity index is 1.33. The van der Waals surface area contributed by atoms with Gasteiger partial charge in [0.15, 0.2) is 0 Å². The number of benzene rings is 2. The molecule has 3 amide bonds. The second-order valence-corrected chi connectivity index (χ2v) is 8.69. The number of imide groups is 1. The van der Waals surface area contributed by atoms with Gasteiger partial charge in [0.05, 0.1) is 0 Å². The first-order valence-electron chi connectivity index (χ1n) is 10.7. The number of rotatable bonds is 4. The van der Waals surface area contributed by atoms with Crippen molar-refractivity contribution in [2.75, 3.05) is 19.6 Å². The summed E-state index contributed by atoms with van der Waals surface area (Å²) >= 11 is 0. The quantitative estimate of drug-likeness (QED) is 0.771. The monoisotopic (exact) mass is 419 g/mol. The van der Waals surface area contributed by atoms with E-state index >= 15 is 0 Å². The van der Waals surface area contributed by atoms with Crippen LogP contribution < -0.4 is 0 Å². The van der Waals surface area contributed by atoms with Crippen LogP contribution in [0.1, 0.15) is 18.4 Å². The summed E-state index contributed by atoms with van der Waals surface area (Å²) in [4.78, 5) is 41.3. The number of likely N-dealkylation sites (tertiary alicyclic amines) is 3. The second-order valence-electron chi connectivity index (χ2n) is 8.69. The fourth-order valence-electron chi connectivity index (χ4n) is 5.39. The minimum absolute atomic E-state index is 0.0422. The van der Waals surface area contributed by atoms with Gasteiger partial charge in [-0.1, -0.05) is 48.5 Å². The van der Waals surface area contributed by atoms with E-state index in [0.29, 0.717) is 13.1 Å². The number of hydrogen-bond donors (Lipinski definition) is 1. The predicted octanol–water partition coefficient (Wildman–Crippen LogP) is 2.87. The van der Waals surface area contributed by atoms with Gasteiger partial charge in [-0.3, -0.25) is 24.3 Å². The van der Waals surface area contributed by atoms with E-state index in [2.05, 4.69) is 41.3 Å². The van der Waals surface area contributed by atoms with Crippen LogP contribution in [0.15, 0.2) is 54.6 Å². The topological polar surface area (TPSA) is 81.2 Å². The van der Waals surface area contributed by atoms with Crippen LogP contribution >= 0.6 is 0 Å². The molecule has 3 aliphatic heterocycles. The molecule has 2 aromatic rings. The fourth-order valence-corrected chi connectivity index (χ4v) is 5.39. The smallest absolute Gasteiger partial charge is 0.408 e. The van der Waals surface area contributed by atoms with Crippen LogP contribution in [0.3, 0.4) is 0 Å². The van der Waals surface area contributed by atoms with Gasteiger partial charge >= 0.3 is 6.09 Å². The van der Waals surface area contributed by atoms with Gasteiger partial charge in [-0.05, 0) is 28.7 Å². The SMILES string of the molecule is O=C(O)N1CC2CN(Cc3cccc(-c4ccccc4)c3)CC2C1N1C(=O)CCC1=O. The summed E-state index contributed by atoms with van der Waals surface area (Å²) in [6, 6.07) is 18.7. The van der Waals surface area contributed by atoms with Crippen LogP contribution in [0.5, 0.6) is 0 Å². The maximum absolute atomic E-state index is 12.3. The summed E-state index contributed by atoms with van der Waals surface area (Å²) < 4.78 is 0. The molecule has 2 aromatic carbocycles. The largest absolute Gasteiger partial charge is 0.465 e. The summed E-state index contributed by atoms with van der Waals surface area (Å²) in [6.45, 7) is 2.56. The number of fused-ring (bicyclic) bond motifs is 1. The lowest BCUT2D eigenvalue weighted by Crippen LogP contribution is -2.53. The Labute approximate surface area is 180 Å². The lowest BCUT2D eigenvalue weighted by atomic mass is 9.97. The Morgan fingerprint density at radius 3 is 2.32 bits per heavy atom. The molecule has 160 valence electrons. The fraction of sp³-hybridized carbons (Fsp3) is 0.375. The van der Waals surface area contributed by atoms with E-state index in [9.17, 15) is 19.5 Å². The molecule has 3 saturated heterocycles. The van der Waals surface area contributed by atoms with E-state index in [1.807, 2.05) is 18.2 Å².